The summed E-state index contributed by atoms with van der Waals surface area (Å²) in [7, 11) is 0. The van der Waals surface area contributed by atoms with Crippen LogP contribution in [0.1, 0.15) is 19.3 Å². The highest BCUT2D eigenvalue weighted by Crippen LogP contribution is 2.10. The molecule has 1 saturated heterocycles. The third-order valence-corrected chi connectivity index (χ3v) is 2.02. The van der Waals surface area contributed by atoms with E-state index in [1.165, 1.54) is 6.08 Å². The van der Waals surface area contributed by atoms with Gasteiger partial charge in [-0.1, -0.05) is 6.58 Å². The van der Waals surface area contributed by atoms with E-state index in [2.05, 4.69) is 6.58 Å². The summed E-state index contributed by atoms with van der Waals surface area (Å²) >= 11 is 0. The average molecular weight is 200 g/mol. The molecule has 0 saturated carbocycles. The molecule has 1 aliphatic heterocycles. The van der Waals surface area contributed by atoms with E-state index < -0.39 is 0 Å². The largest absolute Gasteiger partial charge is 0.463 e. The van der Waals surface area contributed by atoms with E-state index in [1.54, 1.807) is 0 Å². The summed E-state index contributed by atoms with van der Waals surface area (Å²) in [5.41, 5.74) is 0. The highest BCUT2D eigenvalue weighted by Gasteiger charge is 2.14. The van der Waals surface area contributed by atoms with Gasteiger partial charge in [-0.05, 0) is 19.3 Å². The van der Waals surface area contributed by atoms with Crippen LogP contribution in [-0.4, -0.2) is 32.1 Å². The van der Waals surface area contributed by atoms with Crippen molar-refractivity contribution in [3.05, 3.63) is 12.7 Å². The predicted octanol–water partition coefficient (Wildman–Crippen LogP) is 1.26. The molecular formula is C10H16O4. The average Bonchev–Trinajstić information content (AvgIpc) is 2.69. The van der Waals surface area contributed by atoms with Gasteiger partial charge in [-0.3, -0.25) is 0 Å². The van der Waals surface area contributed by atoms with Crippen molar-refractivity contribution in [1.29, 1.82) is 0 Å². The molecule has 14 heavy (non-hydrogen) atoms. The van der Waals surface area contributed by atoms with Crippen molar-refractivity contribution in [3.8, 4) is 0 Å². The maximum Gasteiger partial charge on any atom is 0.330 e. The Labute approximate surface area is 83.8 Å². The smallest absolute Gasteiger partial charge is 0.330 e. The first-order valence-corrected chi connectivity index (χ1v) is 4.81. The van der Waals surface area contributed by atoms with Crippen LogP contribution in [0.2, 0.25) is 0 Å². The molecule has 0 bridgehead atoms. The van der Waals surface area contributed by atoms with Crippen LogP contribution in [0.3, 0.4) is 0 Å². The maximum absolute atomic E-state index is 10.6. The van der Waals surface area contributed by atoms with Crippen molar-refractivity contribution in [3.63, 3.8) is 0 Å². The number of esters is 1. The van der Waals surface area contributed by atoms with Gasteiger partial charge in [0, 0.05) is 6.08 Å². The Bertz CT molecular complexity index is 185. The van der Waals surface area contributed by atoms with Crippen molar-refractivity contribution in [2.24, 2.45) is 0 Å². The van der Waals surface area contributed by atoms with Crippen LogP contribution in [0.15, 0.2) is 12.7 Å². The number of unbranched alkanes of at least 4 members (excludes halogenated alkanes) is 1. The second-order valence-electron chi connectivity index (χ2n) is 3.14. The van der Waals surface area contributed by atoms with Crippen LogP contribution in [0.25, 0.3) is 0 Å². The fourth-order valence-corrected chi connectivity index (χ4v) is 1.24. The molecule has 1 aliphatic rings. The second kappa shape index (κ2) is 6.56. The lowest BCUT2D eigenvalue weighted by atomic mass is 10.2. The minimum Gasteiger partial charge on any atom is -0.463 e. The Balaban J connectivity index is 1.88. The molecule has 1 heterocycles. The molecule has 0 spiro atoms. The lowest BCUT2D eigenvalue weighted by Gasteiger charge is -2.06. The second-order valence-corrected chi connectivity index (χ2v) is 3.14. The summed E-state index contributed by atoms with van der Waals surface area (Å²) in [4.78, 5) is 10.6. The predicted molar refractivity (Wildman–Crippen MR) is 50.7 cm³/mol. The number of carbonyl (C=O) groups is 1. The minimum absolute atomic E-state index is 0.227. The van der Waals surface area contributed by atoms with Gasteiger partial charge in [0.1, 0.15) is 6.79 Å². The molecule has 1 unspecified atom stereocenters. The van der Waals surface area contributed by atoms with E-state index >= 15 is 0 Å². The number of hydrogen-bond acceptors (Lipinski definition) is 4. The Morgan fingerprint density at radius 3 is 3.07 bits per heavy atom. The van der Waals surface area contributed by atoms with E-state index in [1.807, 2.05) is 0 Å². The van der Waals surface area contributed by atoms with Gasteiger partial charge >= 0.3 is 5.97 Å². The molecule has 0 aromatic heterocycles. The molecule has 0 aliphatic carbocycles. The SMILES string of the molecule is C=CC(=O)OCCCCC1COCO1. The van der Waals surface area contributed by atoms with Crippen LogP contribution in [0, 0.1) is 0 Å². The van der Waals surface area contributed by atoms with Crippen LogP contribution >= 0.6 is 0 Å². The third-order valence-electron chi connectivity index (χ3n) is 2.02. The van der Waals surface area contributed by atoms with Gasteiger partial charge in [0.25, 0.3) is 0 Å². The molecular weight excluding hydrogens is 184 g/mol. The Kier molecular flexibility index (Phi) is 5.25. The molecule has 0 aromatic carbocycles. The lowest BCUT2D eigenvalue weighted by molar-refractivity contribution is -0.137. The highest BCUT2D eigenvalue weighted by atomic mass is 16.7. The zero-order chi connectivity index (χ0) is 10.2. The van der Waals surface area contributed by atoms with Gasteiger partial charge in [0.2, 0.25) is 0 Å². The summed E-state index contributed by atoms with van der Waals surface area (Å²) in [6.07, 6.45) is 4.21. The minimum atomic E-state index is -0.356. The summed E-state index contributed by atoms with van der Waals surface area (Å²) in [6, 6.07) is 0. The zero-order valence-corrected chi connectivity index (χ0v) is 8.24. The molecule has 4 heteroatoms. The van der Waals surface area contributed by atoms with Crippen molar-refractivity contribution in [1.82, 2.24) is 0 Å². The normalized spacial score (nSPS) is 20.7. The molecule has 0 amide bonds. The number of hydrogen-bond donors (Lipinski definition) is 0. The first-order valence-electron chi connectivity index (χ1n) is 4.81. The molecule has 80 valence electrons. The summed E-state index contributed by atoms with van der Waals surface area (Å²) in [6.45, 7) is 4.87. The van der Waals surface area contributed by atoms with E-state index in [0.29, 0.717) is 20.0 Å². The van der Waals surface area contributed by atoms with Crippen molar-refractivity contribution in [2.75, 3.05) is 20.0 Å². The molecule has 1 rings (SSSR count). The summed E-state index contributed by atoms with van der Waals surface area (Å²) in [5.74, 6) is -0.356. The van der Waals surface area contributed by atoms with Crippen LogP contribution in [0.5, 0.6) is 0 Å². The van der Waals surface area contributed by atoms with Gasteiger partial charge in [-0.15, -0.1) is 0 Å². The van der Waals surface area contributed by atoms with E-state index in [-0.39, 0.29) is 12.1 Å². The molecule has 1 fully saturated rings. The standard InChI is InChI=1S/C10H16O4/c1-2-10(11)13-6-4-3-5-9-7-12-8-14-9/h2,9H,1,3-8H2. The first-order chi connectivity index (χ1) is 6.83. The zero-order valence-electron chi connectivity index (χ0n) is 8.24. The van der Waals surface area contributed by atoms with Crippen LogP contribution in [-0.2, 0) is 19.0 Å². The third kappa shape index (κ3) is 4.39. The molecule has 0 radical (unpaired) electrons. The van der Waals surface area contributed by atoms with Crippen molar-refractivity contribution >= 4 is 5.97 Å². The van der Waals surface area contributed by atoms with Gasteiger partial charge in [-0.25, -0.2) is 4.79 Å². The van der Waals surface area contributed by atoms with E-state index in [0.717, 1.165) is 19.3 Å². The van der Waals surface area contributed by atoms with Gasteiger partial charge in [0.05, 0.1) is 19.3 Å². The summed E-state index contributed by atoms with van der Waals surface area (Å²) in [5, 5.41) is 0. The molecule has 4 nitrogen and oxygen atoms in total. The van der Waals surface area contributed by atoms with Crippen LogP contribution in [0.4, 0.5) is 0 Å². The fraction of sp³-hybridized carbons (Fsp3) is 0.700. The van der Waals surface area contributed by atoms with Gasteiger partial charge < -0.3 is 14.2 Å². The number of rotatable bonds is 6. The number of carbonyl (C=O) groups excluding carboxylic acids is 1. The monoisotopic (exact) mass is 200 g/mol. The lowest BCUT2D eigenvalue weighted by Crippen LogP contribution is -2.09. The van der Waals surface area contributed by atoms with E-state index in [9.17, 15) is 4.79 Å². The fourth-order valence-electron chi connectivity index (χ4n) is 1.24. The first kappa shape index (κ1) is 11.2. The molecule has 0 aromatic rings. The van der Waals surface area contributed by atoms with E-state index in [4.69, 9.17) is 14.2 Å². The number of ether oxygens (including phenoxy) is 3. The van der Waals surface area contributed by atoms with Crippen LogP contribution < -0.4 is 0 Å². The van der Waals surface area contributed by atoms with Crippen molar-refractivity contribution < 1.29 is 19.0 Å². The quantitative estimate of drug-likeness (QED) is 0.368. The Morgan fingerprint density at radius 1 is 1.57 bits per heavy atom. The molecule has 1 atom stereocenters. The Morgan fingerprint density at radius 2 is 2.43 bits per heavy atom. The highest BCUT2D eigenvalue weighted by molar-refractivity contribution is 5.81. The molecule has 0 N–H and O–H groups in total. The topological polar surface area (TPSA) is 44.8 Å². The van der Waals surface area contributed by atoms with Crippen molar-refractivity contribution in [2.45, 2.75) is 25.4 Å². The van der Waals surface area contributed by atoms with Gasteiger partial charge in [-0.2, -0.15) is 0 Å². The Hall–Kier alpha value is -0.870. The van der Waals surface area contributed by atoms with Gasteiger partial charge in [0.15, 0.2) is 0 Å². The summed E-state index contributed by atoms with van der Waals surface area (Å²) < 4.78 is 15.1. The maximum atomic E-state index is 10.6.